The molecule has 0 bridgehead atoms. The smallest absolute Gasteiger partial charge is 0.251 e. The maximum atomic E-state index is 13.2. The Morgan fingerprint density at radius 1 is 1.11 bits per heavy atom. The largest absolute Gasteiger partial charge is 0.468 e. The summed E-state index contributed by atoms with van der Waals surface area (Å²) in [7, 11) is -3.90. The number of carbonyl (C=O) groups is 1. The van der Waals surface area contributed by atoms with Crippen LogP contribution >= 0.6 is 0 Å². The number of halogens is 1. The highest BCUT2D eigenvalue weighted by atomic mass is 32.2. The lowest BCUT2D eigenvalue weighted by Crippen LogP contribution is -2.31. The number of amides is 1. The highest BCUT2D eigenvalue weighted by Gasteiger charge is 2.32. The molecule has 1 atom stereocenters. The number of aryl methyl sites for hydroxylation is 1. The van der Waals surface area contributed by atoms with Crippen LogP contribution in [0.5, 0.6) is 0 Å². The van der Waals surface area contributed by atoms with Crippen molar-refractivity contribution >= 4 is 15.7 Å². The summed E-state index contributed by atoms with van der Waals surface area (Å²) in [6.07, 6.45) is 1.37. The van der Waals surface area contributed by atoms with Crippen molar-refractivity contribution in [2.24, 2.45) is 0 Å². The van der Waals surface area contributed by atoms with Crippen LogP contribution in [0.4, 0.5) is 4.39 Å². The Labute approximate surface area is 156 Å². The molecule has 5 nitrogen and oxygen atoms in total. The Morgan fingerprint density at radius 3 is 2.48 bits per heavy atom. The van der Waals surface area contributed by atoms with E-state index >= 15 is 0 Å². The fourth-order valence-electron chi connectivity index (χ4n) is 2.70. The number of sulfone groups is 1. The van der Waals surface area contributed by atoms with E-state index in [4.69, 9.17) is 4.42 Å². The van der Waals surface area contributed by atoms with Crippen LogP contribution in [0.2, 0.25) is 0 Å². The van der Waals surface area contributed by atoms with E-state index in [9.17, 15) is 17.6 Å². The van der Waals surface area contributed by atoms with Crippen LogP contribution in [-0.2, 0) is 9.84 Å². The number of hydrogen-bond donors (Lipinski definition) is 1. The zero-order chi connectivity index (χ0) is 19.4. The monoisotopic (exact) mass is 387 g/mol. The molecule has 0 aliphatic heterocycles. The lowest BCUT2D eigenvalue weighted by atomic mass is 10.1. The number of hydrogen-bond acceptors (Lipinski definition) is 4. The lowest BCUT2D eigenvalue weighted by Gasteiger charge is -2.17. The second-order valence-corrected chi connectivity index (χ2v) is 8.21. The molecule has 0 spiro atoms. The molecule has 1 aromatic heterocycles. The minimum atomic E-state index is -3.90. The van der Waals surface area contributed by atoms with Gasteiger partial charge in [-0.2, -0.15) is 0 Å². The molecule has 1 N–H and O–H groups in total. The first-order valence-corrected chi connectivity index (χ1v) is 9.80. The van der Waals surface area contributed by atoms with Gasteiger partial charge in [-0.05, 0) is 55.5 Å². The summed E-state index contributed by atoms with van der Waals surface area (Å²) in [6.45, 7) is 1.68. The fraction of sp³-hybridized carbons (Fsp3) is 0.150. The summed E-state index contributed by atoms with van der Waals surface area (Å²) in [5.41, 5.74) is 1.36. The van der Waals surface area contributed by atoms with E-state index in [1.165, 1.54) is 24.5 Å². The van der Waals surface area contributed by atoms with Gasteiger partial charge in [0.2, 0.25) is 0 Å². The predicted octanol–water partition coefficient (Wildman–Crippen LogP) is 3.67. The zero-order valence-electron chi connectivity index (χ0n) is 14.6. The molecular formula is C20H18FNO4S. The third-order valence-electron chi connectivity index (χ3n) is 4.11. The van der Waals surface area contributed by atoms with Crippen LogP contribution in [0.3, 0.4) is 0 Å². The fourth-order valence-corrected chi connectivity index (χ4v) is 4.29. The van der Waals surface area contributed by atoms with Gasteiger partial charge in [0.15, 0.2) is 9.84 Å². The van der Waals surface area contributed by atoms with Gasteiger partial charge in [-0.1, -0.05) is 17.7 Å². The van der Waals surface area contributed by atoms with E-state index in [-0.39, 0.29) is 23.1 Å². The van der Waals surface area contributed by atoms with E-state index in [0.29, 0.717) is 5.56 Å². The quantitative estimate of drug-likeness (QED) is 0.655. The topological polar surface area (TPSA) is 76.4 Å². The second-order valence-electron chi connectivity index (χ2n) is 6.08. The number of benzene rings is 2. The van der Waals surface area contributed by atoms with Crippen LogP contribution < -0.4 is 5.32 Å². The maximum absolute atomic E-state index is 13.2. The molecular weight excluding hydrogens is 369 g/mol. The lowest BCUT2D eigenvalue weighted by molar-refractivity contribution is 0.0953. The highest BCUT2D eigenvalue weighted by molar-refractivity contribution is 7.91. The molecule has 0 radical (unpaired) electrons. The van der Waals surface area contributed by atoms with Crippen molar-refractivity contribution in [2.75, 3.05) is 6.54 Å². The third kappa shape index (κ3) is 4.25. The molecule has 3 rings (SSSR count). The van der Waals surface area contributed by atoms with Gasteiger partial charge in [0.1, 0.15) is 16.8 Å². The standard InChI is InChI=1S/C20H18FNO4S/c1-14-4-2-5-15(12-14)20(23)22-13-19(18-6-3-11-26-18)27(24,25)17-9-7-16(21)8-10-17/h2-12,19H,13H2,1H3,(H,22,23)/t19-/m0/s1. The number of furan rings is 1. The molecule has 0 saturated heterocycles. The Hall–Kier alpha value is -2.93. The van der Waals surface area contributed by atoms with Gasteiger partial charge in [0.05, 0.1) is 11.2 Å². The summed E-state index contributed by atoms with van der Waals surface area (Å²) in [4.78, 5) is 12.3. The summed E-state index contributed by atoms with van der Waals surface area (Å²) in [5, 5.41) is 1.52. The van der Waals surface area contributed by atoms with Gasteiger partial charge in [0.25, 0.3) is 5.91 Å². The molecule has 2 aromatic carbocycles. The summed E-state index contributed by atoms with van der Waals surface area (Å²) in [6, 6.07) is 14.6. The van der Waals surface area contributed by atoms with Gasteiger partial charge in [-0.15, -0.1) is 0 Å². The first-order valence-electron chi connectivity index (χ1n) is 8.25. The van der Waals surface area contributed by atoms with E-state index in [1.54, 1.807) is 24.3 Å². The van der Waals surface area contributed by atoms with Crippen molar-refractivity contribution in [3.63, 3.8) is 0 Å². The summed E-state index contributed by atoms with van der Waals surface area (Å²) >= 11 is 0. The van der Waals surface area contributed by atoms with E-state index in [2.05, 4.69) is 5.32 Å². The molecule has 7 heteroatoms. The van der Waals surface area contributed by atoms with Gasteiger partial charge in [0, 0.05) is 12.1 Å². The van der Waals surface area contributed by atoms with E-state index < -0.39 is 20.9 Å². The van der Waals surface area contributed by atoms with Crippen LogP contribution in [0, 0.1) is 12.7 Å². The molecule has 1 amide bonds. The zero-order valence-corrected chi connectivity index (χ0v) is 15.4. The van der Waals surface area contributed by atoms with Gasteiger partial charge < -0.3 is 9.73 Å². The van der Waals surface area contributed by atoms with Crippen molar-refractivity contribution < 1.29 is 22.0 Å². The second kappa shape index (κ2) is 7.75. The molecule has 3 aromatic rings. The van der Waals surface area contributed by atoms with Crippen LogP contribution in [0.1, 0.15) is 26.9 Å². The minimum absolute atomic E-state index is 0.0462. The van der Waals surface area contributed by atoms with Crippen molar-refractivity contribution in [3.05, 3.63) is 89.6 Å². The molecule has 0 fully saturated rings. The van der Waals surface area contributed by atoms with Crippen LogP contribution in [0.15, 0.2) is 76.2 Å². The van der Waals surface area contributed by atoms with Gasteiger partial charge in [-0.3, -0.25) is 4.79 Å². The molecule has 1 heterocycles. The number of nitrogens with one attached hydrogen (secondary N) is 1. The average molecular weight is 387 g/mol. The molecule has 0 aliphatic carbocycles. The average Bonchev–Trinajstić information content (AvgIpc) is 3.16. The first kappa shape index (κ1) is 18.8. The SMILES string of the molecule is Cc1cccc(C(=O)NC[C@@H](c2ccco2)S(=O)(=O)c2ccc(F)cc2)c1. The first-order chi connectivity index (χ1) is 12.9. The highest BCUT2D eigenvalue weighted by Crippen LogP contribution is 2.29. The van der Waals surface area contributed by atoms with Gasteiger partial charge >= 0.3 is 0 Å². The summed E-state index contributed by atoms with van der Waals surface area (Å²) in [5.74, 6) is -0.718. The van der Waals surface area contributed by atoms with Crippen LogP contribution in [-0.4, -0.2) is 20.9 Å². The minimum Gasteiger partial charge on any atom is -0.468 e. The normalized spacial score (nSPS) is 12.5. The molecule has 0 unspecified atom stereocenters. The Balaban J connectivity index is 1.86. The predicted molar refractivity (Wildman–Crippen MR) is 98.5 cm³/mol. The Bertz CT molecular complexity index is 1030. The van der Waals surface area contributed by atoms with Gasteiger partial charge in [-0.25, -0.2) is 12.8 Å². The third-order valence-corrected chi connectivity index (χ3v) is 6.18. The molecule has 0 aliphatic rings. The summed E-state index contributed by atoms with van der Waals surface area (Å²) < 4.78 is 44.5. The van der Waals surface area contributed by atoms with Crippen molar-refractivity contribution in [1.29, 1.82) is 0 Å². The number of carbonyl (C=O) groups excluding carboxylic acids is 1. The van der Waals surface area contributed by atoms with E-state index in [1.807, 2.05) is 13.0 Å². The molecule has 0 saturated carbocycles. The maximum Gasteiger partial charge on any atom is 0.251 e. The van der Waals surface area contributed by atoms with Crippen molar-refractivity contribution in [2.45, 2.75) is 17.1 Å². The van der Waals surface area contributed by atoms with Crippen molar-refractivity contribution in [1.82, 2.24) is 5.32 Å². The number of rotatable bonds is 6. The Morgan fingerprint density at radius 2 is 1.85 bits per heavy atom. The molecule has 140 valence electrons. The van der Waals surface area contributed by atoms with Crippen LogP contribution in [0.25, 0.3) is 0 Å². The Kier molecular flexibility index (Phi) is 5.41. The van der Waals surface area contributed by atoms with Crippen molar-refractivity contribution in [3.8, 4) is 0 Å². The van der Waals surface area contributed by atoms with E-state index in [0.717, 1.165) is 17.7 Å². The molecule has 27 heavy (non-hydrogen) atoms.